The third kappa shape index (κ3) is 3.38. The van der Waals surface area contributed by atoms with Gasteiger partial charge in [0.2, 0.25) is 0 Å². The molecule has 0 aliphatic carbocycles. The standard InChI is InChI=1S/C26H17N3S2/c1-3-11-23-17(7-1)19(15-30-23)21-9-5-13-25(27-21)29-26-14-6-10-22(28-26)20-16-31-24-12-4-2-8-18(20)24/h1-16H,(H,27,28,29). The van der Waals surface area contributed by atoms with Gasteiger partial charge >= 0.3 is 0 Å². The van der Waals surface area contributed by atoms with Crippen molar-refractivity contribution in [3.05, 3.63) is 95.7 Å². The highest BCUT2D eigenvalue weighted by Crippen LogP contribution is 2.35. The Morgan fingerprint density at radius 3 is 1.52 bits per heavy atom. The Labute approximate surface area is 187 Å². The molecule has 0 saturated heterocycles. The summed E-state index contributed by atoms with van der Waals surface area (Å²) in [5, 5.41) is 10.2. The fourth-order valence-electron chi connectivity index (χ4n) is 3.79. The second-order valence-corrected chi connectivity index (χ2v) is 9.05. The highest BCUT2D eigenvalue weighted by molar-refractivity contribution is 7.18. The Kier molecular flexibility index (Phi) is 4.48. The van der Waals surface area contributed by atoms with Gasteiger partial charge in [0.05, 0.1) is 11.4 Å². The van der Waals surface area contributed by atoms with Crippen molar-refractivity contribution in [2.45, 2.75) is 0 Å². The van der Waals surface area contributed by atoms with E-state index < -0.39 is 0 Å². The molecular weight excluding hydrogens is 418 g/mol. The lowest BCUT2D eigenvalue weighted by Crippen LogP contribution is -1.97. The minimum atomic E-state index is 0.785. The zero-order valence-corrected chi connectivity index (χ0v) is 18.1. The summed E-state index contributed by atoms with van der Waals surface area (Å²) in [6.07, 6.45) is 0. The smallest absolute Gasteiger partial charge is 0.132 e. The zero-order chi connectivity index (χ0) is 20.6. The van der Waals surface area contributed by atoms with Crippen molar-refractivity contribution >= 4 is 54.5 Å². The maximum absolute atomic E-state index is 4.86. The lowest BCUT2D eigenvalue weighted by molar-refractivity contribution is 1.26. The van der Waals surface area contributed by atoms with Gasteiger partial charge < -0.3 is 5.32 Å². The third-order valence-corrected chi connectivity index (χ3v) is 7.20. The van der Waals surface area contributed by atoms with Crippen molar-refractivity contribution in [3.63, 3.8) is 0 Å². The number of hydrogen-bond donors (Lipinski definition) is 1. The van der Waals surface area contributed by atoms with E-state index in [0.717, 1.165) is 34.2 Å². The van der Waals surface area contributed by atoms with Crippen molar-refractivity contribution < 1.29 is 0 Å². The monoisotopic (exact) mass is 435 g/mol. The molecule has 0 unspecified atom stereocenters. The van der Waals surface area contributed by atoms with Crippen LogP contribution in [0.25, 0.3) is 42.7 Å². The summed E-state index contributed by atoms with van der Waals surface area (Å²) in [6.45, 7) is 0. The van der Waals surface area contributed by atoms with Crippen LogP contribution in [0.2, 0.25) is 0 Å². The average molecular weight is 436 g/mol. The lowest BCUT2D eigenvalue weighted by atomic mass is 10.1. The molecule has 0 aliphatic rings. The van der Waals surface area contributed by atoms with Gasteiger partial charge in [-0.2, -0.15) is 0 Å². The van der Waals surface area contributed by atoms with E-state index in [-0.39, 0.29) is 0 Å². The van der Waals surface area contributed by atoms with Gasteiger partial charge in [-0.3, -0.25) is 0 Å². The van der Waals surface area contributed by atoms with E-state index in [0.29, 0.717) is 0 Å². The molecule has 6 rings (SSSR count). The molecule has 6 aromatic rings. The first-order valence-corrected chi connectivity index (χ1v) is 11.8. The fraction of sp³-hybridized carbons (Fsp3) is 0. The van der Waals surface area contributed by atoms with Gasteiger partial charge in [-0.1, -0.05) is 48.5 Å². The molecule has 0 atom stereocenters. The molecular formula is C26H17N3S2. The normalized spacial score (nSPS) is 11.2. The van der Waals surface area contributed by atoms with Crippen LogP contribution in [0.1, 0.15) is 0 Å². The minimum absolute atomic E-state index is 0.785. The first-order valence-electron chi connectivity index (χ1n) is 9.99. The van der Waals surface area contributed by atoms with Crippen LogP contribution in [0.3, 0.4) is 0 Å². The fourth-order valence-corrected chi connectivity index (χ4v) is 5.70. The number of nitrogens with one attached hydrogen (secondary N) is 1. The first-order chi connectivity index (χ1) is 15.3. The Hall–Kier alpha value is -3.54. The van der Waals surface area contributed by atoms with Crippen LogP contribution in [0.15, 0.2) is 95.7 Å². The first kappa shape index (κ1) is 18.2. The number of rotatable bonds is 4. The van der Waals surface area contributed by atoms with E-state index in [2.05, 4.69) is 76.7 Å². The molecule has 0 spiro atoms. The SMILES string of the molecule is c1cc(Nc2cccc(-c3csc4ccccc34)n2)nc(-c2csc3ccccc23)c1. The number of anilines is 2. The molecule has 0 aliphatic heterocycles. The molecule has 5 heteroatoms. The van der Waals surface area contributed by atoms with E-state index in [4.69, 9.17) is 9.97 Å². The van der Waals surface area contributed by atoms with E-state index in [9.17, 15) is 0 Å². The molecule has 0 amide bonds. The van der Waals surface area contributed by atoms with Crippen LogP contribution in [0.5, 0.6) is 0 Å². The van der Waals surface area contributed by atoms with Gasteiger partial charge in [-0.15, -0.1) is 22.7 Å². The summed E-state index contributed by atoms with van der Waals surface area (Å²) in [4.78, 5) is 9.72. The second-order valence-electron chi connectivity index (χ2n) is 7.23. The highest BCUT2D eigenvalue weighted by atomic mass is 32.1. The molecule has 1 N–H and O–H groups in total. The number of nitrogens with zero attached hydrogens (tertiary/aromatic N) is 2. The van der Waals surface area contributed by atoms with Gasteiger partial charge in [-0.05, 0) is 36.4 Å². The molecule has 0 fully saturated rings. The molecule has 2 aromatic carbocycles. The Morgan fingerprint density at radius 1 is 0.516 bits per heavy atom. The molecule has 0 saturated carbocycles. The summed E-state index contributed by atoms with van der Waals surface area (Å²) in [5.41, 5.74) is 4.25. The number of aromatic nitrogens is 2. The van der Waals surface area contributed by atoms with Crippen LogP contribution in [0.4, 0.5) is 11.6 Å². The van der Waals surface area contributed by atoms with Gasteiger partial charge in [0, 0.05) is 42.1 Å². The Balaban J connectivity index is 1.34. The van der Waals surface area contributed by atoms with E-state index in [1.807, 2.05) is 24.3 Å². The van der Waals surface area contributed by atoms with E-state index >= 15 is 0 Å². The van der Waals surface area contributed by atoms with Crippen molar-refractivity contribution in [2.75, 3.05) is 5.32 Å². The third-order valence-electron chi connectivity index (χ3n) is 5.27. The average Bonchev–Trinajstić information content (AvgIpc) is 3.44. The topological polar surface area (TPSA) is 37.8 Å². The molecule has 3 nitrogen and oxygen atoms in total. The predicted octanol–water partition coefficient (Wildman–Crippen LogP) is 7.98. The largest absolute Gasteiger partial charge is 0.325 e. The van der Waals surface area contributed by atoms with Gasteiger partial charge in [0.1, 0.15) is 11.6 Å². The van der Waals surface area contributed by atoms with E-state index in [1.165, 1.54) is 20.2 Å². The molecule has 148 valence electrons. The number of pyridine rings is 2. The summed E-state index contributed by atoms with van der Waals surface area (Å²) in [5.74, 6) is 1.57. The number of thiophene rings is 2. The molecule has 31 heavy (non-hydrogen) atoms. The summed E-state index contributed by atoms with van der Waals surface area (Å²) in [6, 6.07) is 29.0. The Morgan fingerprint density at radius 2 is 1.00 bits per heavy atom. The highest BCUT2D eigenvalue weighted by Gasteiger charge is 2.10. The number of hydrogen-bond acceptors (Lipinski definition) is 5. The summed E-state index contributed by atoms with van der Waals surface area (Å²) < 4.78 is 2.55. The lowest BCUT2D eigenvalue weighted by Gasteiger charge is -2.08. The summed E-state index contributed by atoms with van der Waals surface area (Å²) >= 11 is 3.50. The minimum Gasteiger partial charge on any atom is -0.325 e. The van der Waals surface area contributed by atoms with Crippen molar-refractivity contribution in [2.24, 2.45) is 0 Å². The van der Waals surface area contributed by atoms with Crippen LogP contribution in [-0.2, 0) is 0 Å². The molecule has 0 radical (unpaired) electrons. The van der Waals surface area contributed by atoms with Crippen molar-refractivity contribution in [1.82, 2.24) is 9.97 Å². The van der Waals surface area contributed by atoms with Gasteiger partial charge in [-0.25, -0.2) is 9.97 Å². The van der Waals surface area contributed by atoms with E-state index in [1.54, 1.807) is 22.7 Å². The number of fused-ring (bicyclic) bond motifs is 2. The molecule has 0 bridgehead atoms. The quantitative estimate of drug-likeness (QED) is 0.305. The maximum Gasteiger partial charge on any atom is 0.132 e. The summed E-state index contributed by atoms with van der Waals surface area (Å²) in [7, 11) is 0. The van der Waals surface area contributed by atoms with Crippen molar-refractivity contribution in [3.8, 4) is 22.5 Å². The van der Waals surface area contributed by atoms with Gasteiger partial charge in [0.25, 0.3) is 0 Å². The predicted molar refractivity (Wildman–Crippen MR) is 133 cm³/mol. The molecule has 4 aromatic heterocycles. The van der Waals surface area contributed by atoms with Crippen LogP contribution >= 0.6 is 22.7 Å². The van der Waals surface area contributed by atoms with Gasteiger partial charge in [0.15, 0.2) is 0 Å². The van der Waals surface area contributed by atoms with Crippen LogP contribution in [-0.4, -0.2) is 9.97 Å². The number of benzene rings is 2. The maximum atomic E-state index is 4.86. The van der Waals surface area contributed by atoms with Crippen LogP contribution < -0.4 is 5.32 Å². The van der Waals surface area contributed by atoms with Crippen LogP contribution in [0, 0.1) is 0 Å². The second kappa shape index (κ2) is 7.61. The van der Waals surface area contributed by atoms with Crippen molar-refractivity contribution in [1.29, 1.82) is 0 Å². The Bertz CT molecular complexity index is 1410. The molecule has 4 heterocycles. The zero-order valence-electron chi connectivity index (χ0n) is 16.4.